The van der Waals surface area contributed by atoms with Gasteiger partial charge in [0.1, 0.15) is 0 Å². The van der Waals surface area contributed by atoms with E-state index in [1.54, 1.807) is 0 Å². The Hall–Kier alpha value is -1.36. The highest BCUT2D eigenvalue weighted by Crippen LogP contribution is 2.24. The van der Waals surface area contributed by atoms with E-state index in [0.29, 0.717) is 11.8 Å². The van der Waals surface area contributed by atoms with Crippen molar-refractivity contribution in [3.05, 3.63) is 17.5 Å². The van der Waals surface area contributed by atoms with Crippen LogP contribution in [0.4, 0.5) is 0 Å². The number of aryl methyl sites for hydroxylation is 1. The van der Waals surface area contributed by atoms with E-state index in [0.717, 1.165) is 52.0 Å². The Morgan fingerprint density at radius 1 is 1.23 bits per heavy atom. The van der Waals surface area contributed by atoms with Gasteiger partial charge in [0.15, 0.2) is 0 Å². The van der Waals surface area contributed by atoms with Gasteiger partial charge in [-0.25, -0.2) is 0 Å². The maximum absolute atomic E-state index is 12.2. The van der Waals surface area contributed by atoms with Gasteiger partial charge in [0.2, 0.25) is 5.91 Å². The Morgan fingerprint density at radius 3 is 2.50 bits per heavy atom. The van der Waals surface area contributed by atoms with Crippen molar-refractivity contribution in [2.75, 3.05) is 26.2 Å². The van der Waals surface area contributed by atoms with E-state index in [2.05, 4.69) is 21.8 Å². The van der Waals surface area contributed by atoms with Crippen LogP contribution in [0, 0.1) is 12.8 Å². The number of carbonyl (C=O) groups excluding carboxylic acids is 1. The second-order valence-electron chi connectivity index (χ2n) is 6.89. The van der Waals surface area contributed by atoms with E-state index in [9.17, 15) is 4.79 Å². The first-order chi connectivity index (χ1) is 10.6. The van der Waals surface area contributed by atoms with Gasteiger partial charge < -0.3 is 4.90 Å². The molecule has 2 aliphatic rings. The van der Waals surface area contributed by atoms with Crippen molar-refractivity contribution in [1.82, 2.24) is 19.6 Å². The van der Waals surface area contributed by atoms with Gasteiger partial charge in [0.05, 0.1) is 6.20 Å². The van der Waals surface area contributed by atoms with Gasteiger partial charge in [-0.15, -0.1) is 0 Å². The zero-order valence-corrected chi connectivity index (χ0v) is 13.9. The maximum atomic E-state index is 12.2. The first kappa shape index (κ1) is 15.5. The molecule has 0 unspecified atom stereocenters. The molecule has 0 aromatic carbocycles. The lowest BCUT2D eigenvalue weighted by Gasteiger charge is -2.32. The van der Waals surface area contributed by atoms with Crippen LogP contribution in [0.15, 0.2) is 6.20 Å². The molecule has 5 heteroatoms. The van der Waals surface area contributed by atoms with Crippen molar-refractivity contribution < 1.29 is 4.79 Å². The molecule has 0 spiro atoms. The molecule has 1 amide bonds. The Morgan fingerprint density at radius 2 is 1.91 bits per heavy atom. The maximum Gasteiger partial charge on any atom is 0.222 e. The van der Waals surface area contributed by atoms with Crippen molar-refractivity contribution in [2.24, 2.45) is 13.0 Å². The topological polar surface area (TPSA) is 41.4 Å². The van der Waals surface area contributed by atoms with Crippen LogP contribution in [0.25, 0.3) is 0 Å². The molecule has 0 N–H and O–H groups in total. The van der Waals surface area contributed by atoms with Gasteiger partial charge in [-0.2, -0.15) is 5.10 Å². The van der Waals surface area contributed by atoms with Crippen LogP contribution < -0.4 is 0 Å². The average Bonchev–Trinajstić information content (AvgIpc) is 3.15. The van der Waals surface area contributed by atoms with E-state index in [1.165, 1.54) is 24.1 Å². The van der Waals surface area contributed by atoms with Gasteiger partial charge in [0.25, 0.3) is 0 Å². The quantitative estimate of drug-likeness (QED) is 0.854. The first-order valence-electron chi connectivity index (χ1n) is 8.61. The number of rotatable bonds is 4. The number of amides is 1. The van der Waals surface area contributed by atoms with E-state index in [1.807, 2.05) is 17.9 Å². The molecule has 22 heavy (non-hydrogen) atoms. The molecule has 2 aliphatic heterocycles. The highest BCUT2D eigenvalue weighted by Gasteiger charge is 2.25. The van der Waals surface area contributed by atoms with Crippen molar-refractivity contribution in [3.8, 4) is 0 Å². The normalized spacial score (nSPS) is 20.7. The molecule has 0 radical (unpaired) electrons. The van der Waals surface area contributed by atoms with Gasteiger partial charge in [-0.1, -0.05) is 0 Å². The lowest BCUT2D eigenvalue weighted by atomic mass is 9.92. The molecule has 122 valence electrons. The Bertz CT molecular complexity index is 511. The second kappa shape index (κ2) is 6.82. The summed E-state index contributed by atoms with van der Waals surface area (Å²) in [7, 11) is 2.00. The monoisotopic (exact) mass is 304 g/mol. The third-order valence-corrected chi connectivity index (χ3v) is 5.36. The number of aromatic nitrogens is 2. The van der Waals surface area contributed by atoms with E-state index >= 15 is 0 Å². The number of carbonyl (C=O) groups is 1. The van der Waals surface area contributed by atoms with Crippen LogP contribution >= 0.6 is 0 Å². The fourth-order valence-corrected chi connectivity index (χ4v) is 3.63. The van der Waals surface area contributed by atoms with Crippen molar-refractivity contribution in [1.29, 1.82) is 0 Å². The third-order valence-electron chi connectivity index (χ3n) is 5.36. The summed E-state index contributed by atoms with van der Waals surface area (Å²) in [5, 5.41) is 4.32. The standard InChI is InChI=1S/C17H28N4O/c1-14-16(12-18-19(14)2)13-20-9-5-15(6-10-20)11-17(22)21-7-3-4-8-21/h12,15H,3-11,13H2,1-2H3. The Balaban J connectivity index is 1.44. The fourth-order valence-electron chi connectivity index (χ4n) is 3.63. The van der Waals surface area contributed by atoms with Gasteiger partial charge in [-0.3, -0.25) is 14.4 Å². The molecule has 1 aromatic heterocycles. The zero-order chi connectivity index (χ0) is 15.5. The molecule has 0 aliphatic carbocycles. The number of likely N-dealkylation sites (tertiary alicyclic amines) is 2. The molecular formula is C17H28N4O. The summed E-state index contributed by atoms with van der Waals surface area (Å²) in [4.78, 5) is 16.8. The minimum absolute atomic E-state index is 0.388. The highest BCUT2D eigenvalue weighted by atomic mass is 16.2. The molecule has 3 heterocycles. The summed E-state index contributed by atoms with van der Waals surface area (Å²) >= 11 is 0. The molecule has 3 rings (SSSR count). The highest BCUT2D eigenvalue weighted by molar-refractivity contribution is 5.76. The van der Waals surface area contributed by atoms with Crippen molar-refractivity contribution in [2.45, 2.75) is 45.6 Å². The second-order valence-corrected chi connectivity index (χ2v) is 6.89. The van der Waals surface area contributed by atoms with Gasteiger partial charge in [0, 0.05) is 44.4 Å². The molecule has 2 fully saturated rings. The Labute approximate surface area is 133 Å². The smallest absolute Gasteiger partial charge is 0.222 e. The number of piperidine rings is 1. The molecule has 2 saturated heterocycles. The van der Waals surface area contributed by atoms with Crippen LogP contribution in [0.3, 0.4) is 0 Å². The minimum Gasteiger partial charge on any atom is -0.343 e. The van der Waals surface area contributed by atoms with Crippen molar-refractivity contribution in [3.63, 3.8) is 0 Å². The first-order valence-corrected chi connectivity index (χ1v) is 8.61. The molecule has 0 saturated carbocycles. The van der Waals surface area contributed by atoms with E-state index in [-0.39, 0.29) is 0 Å². The van der Waals surface area contributed by atoms with Crippen LogP contribution in [0.2, 0.25) is 0 Å². The summed E-state index contributed by atoms with van der Waals surface area (Å²) in [5.41, 5.74) is 2.58. The SMILES string of the molecule is Cc1c(CN2CCC(CC(=O)N3CCCC3)CC2)cnn1C. The van der Waals surface area contributed by atoms with Crippen LogP contribution in [-0.2, 0) is 18.4 Å². The van der Waals surface area contributed by atoms with Crippen LogP contribution in [0.1, 0.15) is 43.4 Å². The summed E-state index contributed by atoms with van der Waals surface area (Å²) in [6.45, 7) is 7.30. The van der Waals surface area contributed by atoms with Gasteiger partial charge >= 0.3 is 0 Å². The predicted octanol–water partition coefficient (Wildman–Crippen LogP) is 1.95. The van der Waals surface area contributed by atoms with Gasteiger partial charge in [-0.05, 0) is 51.6 Å². The lowest BCUT2D eigenvalue weighted by Crippen LogP contribution is -2.36. The number of hydrogen-bond acceptors (Lipinski definition) is 3. The lowest BCUT2D eigenvalue weighted by molar-refractivity contribution is -0.131. The summed E-state index contributed by atoms with van der Waals surface area (Å²) < 4.78 is 1.94. The molecule has 0 atom stereocenters. The molecule has 5 nitrogen and oxygen atoms in total. The summed E-state index contributed by atoms with van der Waals surface area (Å²) in [6, 6.07) is 0. The largest absolute Gasteiger partial charge is 0.343 e. The van der Waals surface area contributed by atoms with E-state index < -0.39 is 0 Å². The predicted molar refractivity (Wildman–Crippen MR) is 86.4 cm³/mol. The van der Waals surface area contributed by atoms with Crippen molar-refractivity contribution >= 4 is 5.91 Å². The molecular weight excluding hydrogens is 276 g/mol. The zero-order valence-electron chi connectivity index (χ0n) is 13.9. The average molecular weight is 304 g/mol. The minimum atomic E-state index is 0.388. The van der Waals surface area contributed by atoms with Crippen LogP contribution in [0.5, 0.6) is 0 Å². The van der Waals surface area contributed by atoms with Crippen LogP contribution in [-0.4, -0.2) is 51.7 Å². The third kappa shape index (κ3) is 3.51. The summed E-state index contributed by atoms with van der Waals surface area (Å²) in [5.74, 6) is 0.971. The molecule has 0 bridgehead atoms. The fraction of sp³-hybridized carbons (Fsp3) is 0.765. The number of nitrogens with zero attached hydrogens (tertiary/aromatic N) is 4. The Kier molecular flexibility index (Phi) is 4.81. The number of hydrogen-bond donors (Lipinski definition) is 0. The van der Waals surface area contributed by atoms with E-state index in [4.69, 9.17) is 0 Å². The summed E-state index contributed by atoms with van der Waals surface area (Å²) in [6.07, 6.45) is 7.43. The molecule has 1 aromatic rings.